The third-order valence-corrected chi connectivity index (χ3v) is 2.23. The number of benzene rings is 3. The van der Waals surface area contributed by atoms with E-state index in [1.807, 2.05) is 18.2 Å². The topological polar surface area (TPSA) is 69.2 Å². The van der Waals surface area contributed by atoms with Crippen LogP contribution in [-0.4, -0.2) is 0 Å². The summed E-state index contributed by atoms with van der Waals surface area (Å²) in [4.78, 5) is 0. The molecule has 0 saturated carbocycles. The minimum Gasteiger partial charge on any atom is -0.872 e. The maximum absolute atomic E-state index is 10.3. The van der Waals surface area contributed by atoms with Crippen LogP contribution in [0.4, 0.5) is 0 Å². The summed E-state index contributed by atoms with van der Waals surface area (Å²) < 4.78 is 0. The van der Waals surface area contributed by atoms with Crippen molar-refractivity contribution in [1.82, 2.24) is 0 Å². The summed E-state index contributed by atoms with van der Waals surface area (Å²) in [6.45, 7) is 0. The van der Waals surface area contributed by atoms with Gasteiger partial charge in [-0.1, -0.05) is 91.0 Å². The fraction of sp³-hybridized carbons (Fsp3) is 0. The zero-order chi connectivity index (χ0) is 15.3. The molecule has 0 saturated heterocycles. The molecule has 0 atom stereocenters. The molecule has 0 aliphatic heterocycles. The van der Waals surface area contributed by atoms with Gasteiger partial charge in [-0.15, -0.1) is 17.2 Å². The van der Waals surface area contributed by atoms with Crippen LogP contribution in [0.3, 0.4) is 0 Å². The normalized spacial score (nSPS) is 8.18. The van der Waals surface area contributed by atoms with Crippen LogP contribution in [0, 0.1) is 0 Å². The minimum atomic E-state index is 0. The molecular formula is C18H15O3V. The Labute approximate surface area is 142 Å². The van der Waals surface area contributed by atoms with E-state index in [4.69, 9.17) is 0 Å². The second kappa shape index (κ2) is 12.4. The van der Waals surface area contributed by atoms with Crippen LogP contribution in [-0.2, 0) is 18.6 Å². The zero-order valence-electron chi connectivity index (χ0n) is 11.8. The van der Waals surface area contributed by atoms with Crippen molar-refractivity contribution < 1.29 is 33.9 Å². The van der Waals surface area contributed by atoms with Crippen molar-refractivity contribution >= 4 is 0 Å². The maximum Gasteiger partial charge on any atom is 3.00 e. The summed E-state index contributed by atoms with van der Waals surface area (Å²) in [6, 6.07) is 25.0. The molecule has 3 aromatic carbocycles. The molecule has 4 heteroatoms. The van der Waals surface area contributed by atoms with Crippen molar-refractivity contribution in [2.24, 2.45) is 0 Å². The van der Waals surface area contributed by atoms with Crippen molar-refractivity contribution in [3.63, 3.8) is 0 Å². The second-order valence-corrected chi connectivity index (χ2v) is 3.94. The largest absolute Gasteiger partial charge is 3.00 e. The van der Waals surface area contributed by atoms with Crippen LogP contribution in [0.15, 0.2) is 91.0 Å². The number of hydrogen-bond donors (Lipinski definition) is 0. The summed E-state index contributed by atoms with van der Waals surface area (Å²) >= 11 is 0. The fourth-order valence-corrected chi connectivity index (χ4v) is 1.26. The number of rotatable bonds is 0. The van der Waals surface area contributed by atoms with Crippen LogP contribution in [0.1, 0.15) is 0 Å². The molecule has 0 aromatic heterocycles. The van der Waals surface area contributed by atoms with Gasteiger partial charge in [-0.3, -0.25) is 0 Å². The van der Waals surface area contributed by atoms with Gasteiger partial charge >= 0.3 is 18.6 Å². The molecule has 0 amide bonds. The van der Waals surface area contributed by atoms with Crippen LogP contribution in [0.25, 0.3) is 0 Å². The van der Waals surface area contributed by atoms with Gasteiger partial charge in [-0.25, -0.2) is 0 Å². The van der Waals surface area contributed by atoms with E-state index in [9.17, 15) is 15.3 Å². The standard InChI is InChI=1S/3C6H6O.V/c3*7-6-4-2-1-3-5-6;/h3*1-5,7H;/q;;;+3/p-3. The third-order valence-electron chi connectivity index (χ3n) is 2.23. The average Bonchev–Trinajstić information content (AvgIpc) is 2.51. The molecule has 0 aliphatic rings. The van der Waals surface area contributed by atoms with E-state index in [1.165, 1.54) is 36.4 Å². The van der Waals surface area contributed by atoms with Gasteiger partial charge in [-0.2, -0.15) is 0 Å². The van der Waals surface area contributed by atoms with E-state index < -0.39 is 0 Å². The Kier molecular flexibility index (Phi) is 11.1. The van der Waals surface area contributed by atoms with E-state index in [2.05, 4.69) is 0 Å². The van der Waals surface area contributed by atoms with E-state index in [0.29, 0.717) is 0 Å². The molecule has 0 N–H and O–H groups in total. The fourth-order valence-electron chi connectivity index (χ4n) is 1.26. The summed E-state index contributed by atoms with van der Waals surface area (Å²) in [5, 5.41) is 30.8. The van der Waals surface area contributed by atoms with Crippen molar-refractivity contribution in [2.45, 2.75) is 0 Å². The molecule has 110 valence electrons. The Balaban J connectivity index is 0.000000294. The molecule has 0 aliphatic carbocycles. The van der Waals surface area contributed by atoms with Crippen LogP contribution < -0.4 is 15.3 Å². The first kappa shape index (κ1) is 19.6. The van der Waals surface area contributed by atoms with Gasteiger partial charge in [-0.05, 0) is 0 Å². The third kappa shape index (κ3) is 10.4. The number of hydrogen-bond acceptors (Lipinski definition) is 3. The summed E-state index contributed by atoms with van der Waals surface area (Å²) in [5.41, 5.74) is 0. The Morgan fingerprint density at radius 1 is 0.364 bits per heavy atom. The molecule has 0 heterocycles. The van der Waals surface area contributed by atoms with Gasteiger partial charge in [0.05, 0.1) is 0 Å². The van der Waals surface area contributed by atoms with Crippen molar-refractivity contribution in [1.29, 1.82) is 0 Å². The predicted octanol–water partition coefficient (Wildman–Crippen LogP) is 2.28. The Morgan fingerprint density at radius 2 is 0.545 bits per heavy atom. The van der Waals surface area contributed by atoms with Crippen LogP contribution >= 0.6 is 0 Å². The van der Waals surface area contributed by atoms with Gasteiger partial charge in [0.25, 0.3) is 0 Å². The average molecular weight is 330 g/mol. The zero-order valence-corrected chi connectivity index (χ0v) is 13.2. The first-order valence-corrected chi connectivity index (χ1v) is 6.34. The molecule has 0 bridgehead atoms. The molecule has 3 aromatic rings. The SMILES string of the molecule is [O-]c1ccccc1.[O-]c1ccccc1.[O-]c1ccccc1.[V+3]. The number of para-hydroxylation sites is 3. The van der Waals surface area contributed by atoms with Gasteiger partial charge in [0.1, 0.15) is 0 Å². The summed E-state index contributed by atoms with van der Waals surface area (Å²) in [5.74, 6) is 0.215. The molecule has 3 rings (SSSR count). The summed E-state index contributed by atoms with van der Waals surface area (Å²) in [6.07, 6.45) is 0. The quantitative estimate of drug-likeness (QED) is 0.635. The minimum absolute atomic E-state index is 0. The van der Waals surface area contributed by atoms with Crippen LogP contribution in [0.2, 0.25) is 0 Å². The molecule has 3 nitrogen and oxygen atoms in total. The van der Waals surface area contributed by atoms with Gasteiger partial charge in [0, 0.05) is 0 Å². The Morgan fingerprint density at radius 3 is 0.636 bits per heavy atom. The van der Waals surface area contributed by atoms with E-state index >= 15 is 0 Å². The molecule has 0 fully saturated rings. The van der Waals surface area contributed by atoms with Gasteiger partial charge < -0.3 is 15.3 Å². The second-order valence-electron chi connectivity index (χ2n) is 3.94. The first-order chi connectivity index (χ1) is 10.2. The molecule has 22 heavy (non-hydrogen) atoms. The van der Waals surface area contributed by atoms with Crippen LogP contribution in [0.5, 0.6) is 17.2 Å². The van der Waals surface area contributed by atoms with Gasteiger partial charge in [0.15, 0.2) is 0 Å². The molecular weight excluding hydrogens is 315 g/mol. The molecule has 0 radical (unpaired) electrons. The van der Waals surface area contributed by atoms with E-state index in [-0.39, 0.29) is 35.8 Å². The van der Waals surface area contributed by atoms with Crippen molar-refractivity contribution in [3.8, 4) is 17.2 Å². The Hall–Kier alpha value is -2.36. The smallest absolute Gasteiger partial charge is 0.872 e. The van der Waals surface area contributed by atoms with Gasteiger partial charge in [0.2, 0.25) is 0 Å². The maximum atomic E-state index is 10.3. The van der Waals surface area contributed by atoms with E-state index in [0.717, 1.165) is 0 Å². The molecule has 0 spiro atoms. The first-order valence-electron chi connectivity index (χ1n) is 6.34. The predicted molar refractivity (Wildman–Crippen MR) is 77.7 cm³/mol. The molecule has 0 unspecified atom stereocenters. The monoisotopic (exact) mass is 330 g/mol. The van der Waals surface area contributed by atoms with Crippen molar-refractivity contribution in [3.05, 3.63) is 91.0 Å². The Bertz CT molecular complexity index is 497. The van der Waals surface area contributed by atoms with Crippen molar-refractivity contribution in [2.75, 3.05) is 0 Å². The van der Waals surface area contributed by atoms with E-state index in [1.54, 1.807) is 36.4 Å². The summed E-state index contributed by atoms with van der Waals surface area (Å²) in [7, 11) is 0.